The van der Waals surface area contributed by atoms with Crippen LogP contribution >= 0.6 is 24.0 Å². The van der Waals surface area contributed by atoms with Crippen molar-refractivity contribution in [2.45, 2.75) is 51.7 Å². The lowest BCUT2D eigenvalue weighted by Gasteiger charge is -2.22. The smallest absolute Gasteiger partial charge is 0.213 e. The molecule has 0 bridgehead atoms. The first-order valence-electron chi connectivity index (χ1n) is 10.1. The molecule has 2 unspecified atom stereocenters. The molecule has 1 heterocycles. The van der Waals surface area contributed by atoms with E-state index in [0.29, 0.717) is 12.5 Å². The van der Waals surface area contributed by atoms with E-state index in [0.717, 1.165) is 37.9 Å². The van der Waals surface area contributed by atoms with E-state index < -0.39 is 10.0 Å². The molecule has 2 atom stereocenters. The summed E-state index contributed by atoms with van der Waals surface area (Å²) in [7, 11) is -1.67. The van der Waals surface area contributed by atoms with Gasteiger partial charge >= 0.3 is 0 Å². The Morgan fingerprint density at radius 3 is 2.59 bits per heavy atom. The topological polar surface area (TPSA) is 91.8 Å². The van der Waals surface area contributed by atoms with Gasteiger partial charge in [0.25, 0.3) is 0 Å². The number of halogens is 1. The maximum absolute atomic E-state index is 12.2. The highest BCUT2D eigenvalue weighted by molar-refractivity contribution is 14.0. The van der Waals surface area contributed by atoms with Crippen molar-refractivity contribution >= 4 is 40.0 Å². The zero-order valence-electron chi connectivity index (χ0n) is 17.6. The highest BCUT2D eigenvalue weighted by Gasteiger charge is 2.17. The molecule has 9 heteroatoms. The molecule has 1 fully saturated rings. The average Bonchev–Trinajstić information content (AvgIpc) is 2.72. The summed E-state index contributed by atoms with van der Waals surface area (Å²) in [6, 6.07) is 8.52. The monoisotopic (exact) mass is 538 g/mol. The Balaban J connectivity index is 0.00000420. The number of benzene rings is 1. The van der Waals surface area contributed by atoms with Crippen molar-refractivity contribution < 1.29 is 13.2 Å². The van der Waals surface area contributed by atoms with Gasteiger partial charge in [0.05, 0.1) is 17.9 Å². The molecule has 0 spiro atoms. The molecule has 166 valence electrons. The van der Waals surface area contributed by atoms with Gasteiger partial charge in [-0.1, -0.05) is 31.2 Å². The van der Waals surface area contributed by atoms with E-state index in [1.54, 1.807) is 7.05 Å². The first-order chi connectivity index (χ1) is 13.4. The van der Waals surface area contributed by atoms with Gasteiger partial charge in [-0.15, -0.1) is 24.0 Å². The van der Waals surface area contributed by atoms with Crippen LogP contribution in [0.2, 0.25) is 0 Å². The molecule has 1 aliphatic heterocycles. The van der Waals surface area contributed by atoms with Crippen molar-refractivity contribution in [3.8, 4) is 0 Å². The SMILES string of the molecule is CCc1ccc(C(C)NC(=NC)NCCS(=O)(=O)NCC2CCCCO2)cc1.I. The van der Waals surface area contributed by atoms with Crippen molar-refractivity contribution in [1.29, 1.82) is 0 Å². The molecule has 7 nitrogen and oxygen atoms in total. The van der Waals surface area contributed by atoms with E-state index in [4.69, 9.17) is 4.74 Å². The Bertz CT molecular complexity index is 720. The highest BCUT2D eigenvalue weighted by Crippen LogP contribution is 2.14. The fraction of sp³-hybridized carbons (Fsp3) is 0.650. The first-order valence-corrected chi connectivity index (χ1v) is 11.7. The standard InChI is InChI=1S/C20H34N4O3S.HI/c1-4-17-8-10-18(11-9-17)16(2)24-20(21-3)22-12-14-28(25,26)23-15-19-7-5-6-13-27-19;/h8-11,16,19,23H,4-7,12-15H2,1-3H3,(H2,21,22,24);1H. The van der Waals surface area contributed by atoms with Crippen LogP contribution < -0.4 is 15.4 Å². The number of sulfonamides is 1. The molecular weight excluding hydrogens is 503 g/mol. The third-order valence-electron chi connectivity index (χ3n) is 4.93. The quantitative estimate of drug-likeness (QED) is 0.256. The first kappa shape index (κ1) is 26.1. The lowest BCUT2D eigenvalue weighted by atomic mass is 10.1. The Hall–Kier alpha value is -0.910. The van der Waals surface area contributed by atoms with Crippen LogP contribution in [0.15, 0.2) is 29.3 Å². The summed E-state index contributed by atoms with van der Waals surface area (Å²) in [6.45, 7) is 5.53. The predicted molar refractivity (Wildman–Crippen MR) is 130 cm³/mol. The van der Waals surface area contributed by atoms with Crippen LogP contribution in [-0.4, -0.2) is 53.0 Å². The molecule has 1 aliphatic rings. The molecule has 0 amide bonds. The van der Waals surface area contributed by atoms with Crippen molar-refractivity contribution in [3.63, 3.8) is 0 Å². The van der Waals surface area contributed by atoms with Gasteiger partial charge < -0.3 is 15.4 Å². The second-order valence-electron chi connectivity index (χ2n) is 7.12. The number of aliphatic imine (C=N–C) groups is 1. The zero-order chi connectivity index (χ0) is 20.4. The maximum Gasteiger partial charge on any atom is 0.213 e. The molecule has 2 rings (SSSR count). The number of nitrogens with zero attached hydrogens (tertiary/aromatic N) is 1. The Kier molecular flexibility index (Phi) is 12.1. The summed E-state index contributed by atoms with van der Waals surface area (Å²) in [5.74, 6) is 0.567. The van der Waals surface area contributed by atoms with Gasteiger partial charge in [-0.05, 0) is 43.7 Å². The van der Waals surface area contributed by atoms with Gasteiger partial charge in [-0.3, -0.25) is 4.99 Å². The van der Waals surface area contributed by atoms with Gasteiger partial charge in [-0.2, -0.15) is 0 Å². The Morgan fingerprint density at radius 2 is 2.00 bits per heavy atom. The van der Waals surface area contributed by atoms with Crippen LogP contribution in [0, 0.1) is 0 Å². The largest absolute Gasteiger partial charge is 0.377 e. The fourth-order valence-corrected chi connectivity index (χ4v) is 4.04. The number of rotatable bonds is 9. The van der Waals surface area contributed by atoms with Gasteiger partial charge in [0.1, 0.15) is 0 Å². The van der Waals surface area contributed by atoms with Crippen LogP contribution in [0.4, 0.5) is 0 Å². The minimum Gasteiger partial charge on any atom is -0.377 e. The predicted octanol–water partition coefficient (Wildman–Crippen LogP) is 2.58. The van der Waals surface area contributed by atoms with Gasteiger partial charge in [0.2, 0.25) is 10.0 Å². The van der Waals surface area contributed by atoms with Crippen LogP contribution in [0.5, 0.6) is 0 Å². The van der Waals surface area contributed by atoms with Crippen LogP contribution in [0.3, 0.4) is 0 Å². The number of hydrogen-bond donors (Lipinski definition) is 3. The van der Waals surface area contributed by atoms with E-state index in [-0.39, 0.29) is 48.4 Å². The summed E-state index contributed by atoms with van der Waals surface area (Å²) in [5, 5.41) is 6.37. The van der Waals surface area contributed by atoms with Crippen molar-refractivity contribution in [3.05, 3.63) is 35.4 Å². The average molecular weight is 538 g/mol. The van der Waals surface area contributed by atoms with Crippen LogP contribution in [0.25, 0.3) is 0 Å². The molecule has 0 aliphatic carbocycles. The second-order valence-corrected chi connectivity index (χ2v) is 9.04. The van der Waals surface area contributed by atoms with E-state index >= 15 is 0 Å². The fourth-order valence-electron chi connectivity index (χ4n) is 3.09. The van der Waals surface area contributed by atoms with E-state index in [1.807, 2.05) is 0 Å². The minimum absolute atomic E-state index is 0. The molecular formula is C20H35IN4O3S. The number of ether oxygens (including phenoxy) is 1. The minimum atomic E-state index is -3.35. The molecule has 0 radical (unpaired) electrons. The molecule has 1 aromatic carbocycles. The van der Waals surface area contributed by atoms with Gasteiger partial charge in [0, 0.05) is 26.7 Å². The third kappa shape index (κ3) is 9.63. The molecule has 3 N–H and O–H groups in total. The van der Waals surface area contributed by atoms with Crippen LogP contribution in [0.1, 0.15) is 50.3 Å². The van der Waals surface area contributed by atoms with Crippen molar-refractivity contribution in [2.75, 3.05) is 32.5 Å². The lowest BCUT2D eigenvalue weighted by molar-refractivity contribution is 0.0200. The molecule has 0 saturated carbocycles. The Labute approximate surface area is 192 Å². The summed E-state index contributed by atoms with van der Waals surface area (Å²) in [6.07, 6.45) is 4.07. The zero-order valence-corrected chi connectivity index (χ0v) is 20.8. The number of nitrogens with one attached hydrogen (secondary N) is 3. The number of guanidine groups is 1. The molecule has 1 saturated heterocycles. The highest BCUT2D eigenvalue weighted by atomic mass is 127. The van der Waals surface area contributed by atoms with Gasteiger partial charge in [0.15, 0.2) is 5.96 Å². The number of hydrogen-bond acceptors (Lipinski definition) is 4. The molecule has 1 aromatic rings. The van der Waals surface area contributed by atoms with E-state index in [1.165, 1.54) is 5.56 Å². The third-order valence-corrected chi connectivity index (χ3v) is 6.28. The second kappa shape index (κ2) is 13.4. The van der Waals surface area contributed by atoms with Crippen molar-refractivity contribution in [2.24, 2.45) is 4.99 Å². The van der Waals surface area contributed by atoms with Gasteiger partial charge in [-0.25, -0.2) is 13.1 Å². The van der Waals surface area contributed by atoms with Crippen LogP contribution in [-0.2, 0) is 21.2 Å². The summed E-state index contributed by atoms with van der Waals surface area (Å²) in [4.78, 5) is 4.19. The summed E-state index contributed by atoms with van der Waals surface area (Å²) in [5.41, 5.74) is 2.46. The molecule has 29 heavy (non-hydrogen) atoms. The lowest BCUT2D eigenvalue weighted by Crippen LogP contribution is -2.43. The molecule has 0 aromatic heterocycles. The normalized spacial score (nSPS) is 18.6. The van der Waals surface area contributed by atoms with E-state index in [2.05, 4.69) is 58.5 Å². The Morgan fingerprint density at radius 1 is 1.28 bits per heavy atom. The summed E-state index contributed by atoms with van der Waals surface area (Å²) >= 11 is 0. The summed E-state index contributed by atoms with van der Waals surface area (Å²) < 4.78 is 32.6. The maximum atomic E-state index is 12.2. The van der Waals surface area contributed by atoms with Crippen molar-refractivity contribution in [1.82, 2.24) is 15.4 Å². The van der Waals surface area contributed by atoms with E-state index in [9.17, 15) is 8.42 Å². The number of aryl methyl sites for hydroxylation is 1.